The van der Waals surface area contributed by atoms with Gasteiger partial charge in [-0.2, -0.15) is 0 Å². The van der Waals surface area contributed by atoms with Gasteiger partial charge < -0.3 is 25.7 Å². The van der Waals surface area contributed by atoms with Crippen LogP contribution >= 0.6 is 0 Å². The molecule has 8 nitrogen and oxygen atoms in total. The van der Waals surface area contributed by atoms with Gasteiger partial charge in [-0.25, -0.2) is 9.37 Å². The summed E-state index contributed by atoms with van der Waals surface area (Å²) in [6.45, 7) is 1.54. The Morgan fingerprint density at radius 2 is 2.04 bits per heavy atom. The average Bonchev–Trinajstić information content (AvgIpc) is 3.08. The minimum Gasteiger partial charge on any atom is -0.494 e. The lowest BCUT2D eigenvalue weighted by Gasteiger charge is -2.35. The molecule has 0 unspecified atom stereocenters. The first kappa shape index (κ1) is 18.0. The monoisotopic (exact) mass is 384 g/mol. The Balaban J connectivity index is 1.58. The Morgan fingerprint density at radius 3 is 2.68 bits per heavy atom. The van der Waals surface area contributed by atoms with Crippen LogP contribution in [0.4, 0.5) is 15.9 Å². The fourth-order valence-corrected chi connectivity index (χ4v) is 3.80. The molecule has 0 radical (unpaired) electrons. The number of halogens is 1. The molecule has 1 amide bonds. The van der Waals surface area contributed by atoms with Crippen LogP contribution in [0, 0.1) is 5.82 Å². The highest BCUT2D eigenvalue weighted by atomic mass is 19.1. The van der Waals surface area contributed by atoms with Gasteiger partial charge in [0.25, 0.3) is 5.91 Å². The van der Waals surface area contributed by atoms with Crippen molar-refractivity contribution in [1.82, 2.24) is 14.5 Å². The summed E-state index contributed by atoms with van der Waals surface area (Å²) in [5.74, 6) is -0.556. The molecular formula is C19H21FN6O2. The molecule has 1 fully saturated rings. The van der Waals surface area contributed by atoms with Crippen molar-refractivity contribution in [2.24, 2.45) is 5.73 Å². The third kappa shape index (κ3) is 2.98. The van der Waals surface area contributed by atoms with E-state index in [0.29, 0.717) is 11.3 Å². The number of hydrogen-bond acceptors (Lipinski definition) is 6. The van der Waals surface area contributed by atoms with E-state index >= 15 is 0 Å². The van der Waals surface area contributed by atoms with Gasteiger partial charge in [0.2, 0.25) is 0 Å². The van der Waals surface area contributed by atoms with Crippen molar-refractivity contribution in [2.75, 3.05) is 30.8 Å². The van der Waals surface area contributed by atoms with Crippen LogP contribution in [0.1, 0.15) is 29.4 Å². The molecule has 0 atom stereocenters. The third-order valence-electron chi connectivity index (χ3n) is 5.26. The molecule has 2 aromatic heterocycles. The second-order valence-electron chi connectivity index (χ2n) is 6.80. The number of carbonyl (C=O) groups excluding carboxylic acids is 1. The maximum absolute atomic E-state index is 14.0. The molecule has 4 N–H and O–H groups in total. The molecule has 0 saturated carbocycles. The van der Waals surface area contributed by atoms with Crippen molar-refractivity contribution in [3.8, 4) is 5.75 Å². The summed E-state index contributed by atoms with van der Waals surface area (Å²) in [6, 6.07) is 5.14. The molecular weight excluding hydrogens is 363 g/mol. The summed E-state index contributed by atoms with van der Waals surface area (Å²) in [6.07, 6.45) is 4.90. The second-order valence-corrected chi connectivity index (χ2v) is 6.80. The number of anilines is 2. The second kappa shape index (κ2) is 6.99. The number of aromatic nitrogens is 3. The molecule has 3 heterocycles. The van der Waals surface area contributed by atoms with Crippen LogP contribution in [0.3, 0.4) is 0 Å². The largest absolute Gasteiger partial charge is 0.494 e. The molecule has 0 spiro atoms. The van der Waals surface area contributed by atoms with Crippen molar-refractivity contribution in [1.29, 1.82) is 0 Å². The smallest absolute Gasteiger partial charge is 0.271 e. The zero-order valence-corrected chi connectivity index (χ0v) is 15.4. The summed E-state index contributed by atoms with van der Waals surface area (Å²) in [7, 11) is 1.45. The van der Waals surface area contributed by atoms with Crippen molar-refractivity contribution in [3.63, 3.8) is 0 Å². The fourth-order valence-electron chi connectivity index (χ4n) is 3.80. The summed E-state index contributed by atoms with van der Waals surface area (Å²) in [5.41, 5.74) is 13.0. The third-order valence-corrected chi connectivity index (χ3v) is 5.26. The van der Waals surface area contributed by atoms with Crippen LogP contribution in [-0.4, -0.2) is 40.6 Å². The van der Waals surface area contributed by atoms with E-state index in [2.05, 4.69) is 14.9 Å². The lowest BCUT2D eigenvalue weighted by atomic mass is 10.0. The lowest BCUT2D eigenvalue weighted by Crippen LogP contribution is -2.35. The number of pyridine rings is 1. The highest BCUT2D eigenvalue weighted by Crippen LogP contribution is 2.34. The van der Waals surface area contributed by atoms with Gasteiger partial charge in [0.05, 0.1) is 19.0 Å². The Bertz CT molecular complexity index is 1040. The van der Waals surface area contributed by atoms with E-state index in [1.807, 2.05) is 10.6 Å². The molecule has 9 heteroatoms. The van der Waals surface area contributed by atoms with Crippen LogP contribution in [0.25, 0.3) is 10.9 Å². The molecule has 3 aromatic rings. The van der Waals surface area contributed by atoms with E-state index < -0.39 is 11.7 Å². The van der Waals surface area contributed by atoms with E-state index in [9.17, 15) is 9.18 Å². The van der Waals surface area contributed by atoms with Gasteiger partial charge >= 0.3 is 0 Å². The number of nitrogens with zero attached hydrogens (tertiary/aromatic N) is 4. The Hall–Kier alpha value is -3.36. The number of nitrogens with two attached hydrogens (primary N) is 2. The minimum absolute atomic E-state index is 0.108. The van der Waals surface area contributed by atoms with Crippen LogP contribution in [-0.2, 0) is 0 Å². The zero-order valence-electron chi connectivity index (χ0n) is 15.4. The van der Waals surface area contributed by atoms with E-state index in [1.165, 1.54) is 13.2 Å². The van der Waals surface area contributed by atoms with Crippen LogP contribution in [0.5, 0.6) is 5.75 Å². The van der Waals surface area contributed by atoms with Crippen LogP contribution < -0.4 is 21.1 Å². The van der Waals surface area contributed by atoms with Gasteiger partial charge in [0.1, 0.15) is 5.82 Å². The van der Waals surface area contributed by atoms with E-state index in [1.54, 1.807) is 18.6 Å². The summed E-state index contributed by atoms with van der Waals surface area (Å²) in [5, 5.41) is 0.845. The van der Waals surface area contributed by atoms with Gasteiger partial charge in [-0.1, -0.05) is 0 Å². The van der Waals surface area contributed by atoms with Crippen molar-refractivity contribution >= 4 is 28.3 Å². The Morgan fingerprint density at radius 1 is 1.29 bits per heavy atom. The van der Waals surface area contributed by atoms with Gasteiger partial charge in [-0.3, -0.25) is 9.78 Å². The van der Waals surface area contributed by atoms with Crippen LogP contribution in [0.15, 0.2) is 30.7 Å². The Labute approximate surface area is 160 Å². The van der Waals surface area contributed by atoms with Gasteiger partial charge in [0, 0.05) is 42.5 Å². The number of hydrogen-bond donors (Lipinski definition) is 2. The Kier molecular flexibility index (Phi) is 4.50. The number of fused-ring (bicyclic) bond motifs is 1. The topological polar surface area (TPSA) is 112 Å². The molecule has 1 aliphatic heterocycles. The number of methoxy groups -OCH3 is 1. The molecule has 1 aromatic carbocycles. The zero-order chi connectivity index (χ0) is 19.8. The molecule has 4 rings (SSSR count). The van der Waals surface area contributed by atoms with Crippen molar-refractivity contribution in [3.05, 3.63) is 42.2 Å². The van der Waals surface area contributed by atoms with Gasteiger partial charge in [-0.15, -0.1) is 0 Å². The van der Waals surface area contributed by atoms with Gasteiger partial charge in [-0.05, 0) is 25.0 Å². The standard InChI is InChI=1S/C19H21FN6O2/c1-28-16-8-12-14(9-13(16)20)23-5-2-15(12)25-6-3-11(4-7-25)26-10-24-17(18(26)21)19(22)27/h2,5,8-11H,3-4,6-7,21H2,1H3,(H2,22,27). The first-order chi connectivity index (χ1) is 13.5. The first-order valence-electron chi connectivity index (χ1n) is 8.99. The number of primary amides is 1. The number of imidazole rings is 1. The van der Waals surface area contributed by atoms with Crippen LogP contribution in [0.2, 0.25) is 0 Å². The molecule has 28 heavy (non-hydrogen) atoms. The number of carbonyl (C=O) groups is 1. The number of rotatable bonds is 4. The molecule has 1 saturated heterocycles. The number of ether oxygens (including phenoxy) is 1. The van der Waals surface area contributed by atoms with E-state index in [-0.39, 0.29) is 17.5 Å². The summed E-state index contributed by atoms with van der Waals surface area (Å²) in [4.78, 5) is 21.9. The average molecular weight is 384 g/mol. The maximum Gasteiger partial charge on any atom is 0.271 e. The number of nitrogen functional groups attached to an aromatic ring is 1. The lowest BCUT2D eigenvalue weighted by molar-refractivity contribution is 0.0997. The summed E-state index contributed by atoms with van der Waals surface area (Å²) >= 11 is 0. The summed E-state index contributed by atoms with van der Waals surface area (Å²) < 4.78 is 20.9. The quantitative estimate of drug-likeness (QED) is 0.712. The molecule has 1 aliphatic rings. The first-order valence-corrected chi connectivity index (χ1v) is 8.99. The van der Waals surface area contributed by atoms with Crippen molar-refractivity contribution in [2.45, 2.75) is 18.9 Å². The van der Waals surface area contributed by atoms with Gasteiger partial charge in [0.15, 0.2) is 17.3 Å². The highest BCUT2D eigenvalue weighted by molar-refractivity contribution is 5.95. The highest BCUT2D eigenvalue weighted by Gasteiger charge is 2.25. The normalized spacial score (nSPS) is 15.1. The predicted octanol–water partition coefficient (Wildman–Crippen LogP) is 2.10. The minimum atomic E-state index is -0.627. The number of amides is 1. The number of benzene rings is 1. The SMILES string of the molecule is COc1cc2c(N3CCC(n4cnc(C(N)=O)c4N)CC3)ccnc2cc1F. The predicted molar refractivity (Wildman–Crippen MR) is 104 cm³/mol. The molecule has 0 bridgehead atoms. The maximum atomic E-state index is 14.0. The fraction of sp³-hybridized carbons (Fsp3) is 0.316. The van der Waals surface area contributed by atoms with Crippen molar-refractivity contribution < 1.29 is 13.9 Å². The molecule has 0 aliphatic carbocycles. The molecule has 146 valence electrons. The van der Waals surface area contributed by atoms with E-state index in [4.69, 9.17) is 16.2 Å². The van der Waals surface area contributed by atoms with E-state index in [0.717, 1.165) is 37.0 Å². The number of piperidine rings is 1.